The summed E-state index contributed by atoms with van der Waals surface area (Å²) in [6.45, 7) is 20.5. The Morgan fingerprint density at radius 2 is 1.05 bits per heavy atom. The van der Waals surface area contributed by atoms with E-state index < -0.39 is 0 Å². The van der Waals surface area contributed by atoms with Crippen LogP contribution in [0.15, 0.2) is 29.1 Å². The van der Waals surface area contributed by atoms with Gasteiger partial charge in [-0.2, -0.15) is 9.97 Å². The van der Waals surface area contributed by atoms with Crippen LogP contribution in [-0.4, -0.2) is 188 Å². The summed E-state index contributed by atoms with van der Waals surface area (Å²) in [6, 6.07) is 7.58. The molecule has 0 radical (unpaired) electrons. The molecule has 1 fully saturated rings. The fourth-order valence-electron chi connectivity index (χ4n) is 11.3. The van der Waals surface area contributed by atoms with E-state index in [1.54, 1.807) is 10.6 Å². The Bertz CT molecular complexity index is 2470. The molecule has 3 heterocycles. The number of aryl methyl sites for hydroxylation is 1. The van der Waals surface area contributed by atoms with Crippen LogP contribution in [0.4, 0.5) is 5.82 Å². The minimum absolute atomic E-state index is 0.0799. The van der Waals surface area contributed by atoms with Crippen molar-refractivity contribution in [2.45, 2.75) is 233 Å². The number of benzene rings is 1. The van der Waals surface area contributed by atoms with Gasteiger partial charge in [-0.3, -0.25) is 33.5 Å². The van der Waals surface area contributed by atoms with Crippen molar-refractivity contribution < 1.29 is 52.4 Å². The first kappa shape index (κ1) is 78.0. The van der Waals surface area contributed by atoms with Crippen molar-refractivity contribution >= 4 is 46.8 Å². The van der Waals surface area contributed by atoms with E-state index in [1.165, 1.54) is 64.9 Å². The zero-order chi connectivity index (χ0) is 65.4. The molecule has 0 spiro atoms. The number of amides is 1. The van der Waals surface area contributed by atoms with Crippen LogP contribution in [-0.2, 0) is 56.0 Å². The number of unbranched alkanes of at least 4 members (excludes halogenated alkanes) is 18. The van der Waals surface area contributed by atoms with Crippen LogP contribution in [0.1, 0.15) is 236 Å². The van der Waals surface area contributed by atoms with Crippen LogP contribution < -0.4 is 15.7 Å². The normalized spacial score (nSPS) is 12.7. The number of methoxy groups -OCH3 is 1. The molecule has 0 saturated carbocycles. The lowest BCUT2D eigenvalue weighted by molar-refractivity contribution is -0.145. The van der Waals surface area contributed by atoms with Gasteiger partial charge in [0.2, 0.25) is 5.91 Å². The van der Waals surface area contributed by atoms with Gasteiger partial charge in [-0.05, 0) is 108 Å². The molecule has 0 atom stereocenters. The van der Waals surface area contributed by atoms with Crippen molar-refractivity contribution in [3.63, 3.8) is 0 Å². The van der Waals surface area contributed by atoms with Gasteiger partial charge in [0.05, 0.1) is 71.6 Å². The molecule has 0 bridgehead atoms. The Balaban J connectivity index is 1.38. The number of hydrogen-bond acceptors (Lipinski definition) is 18. The first-order valence-electron chi connectivity index (χ1n) is 35.5. The summed E-state index contributed by atoms with van der Waals surface area (Å²) >= 11 is 0. The Morgan fingerprint density at radius 3 is 1.62 bits per heavy atom. The van der Waals surface area contributed by atoms with Crippen LogP contribution in [0, 0.1) is 0 Å². The number of aromatic amines is 1. The Hall–Kier alpha value is -5.48. The van der Waals surface area contributed by atoms with E-state index in [-0.39, 0.29) is 73.0 Å². The van der Waals surface area contributed by atoms with E-state index >= 15 is 0 Å². The highest BCUT2D eigenvalue weighted by molar-refractivity contribution is 5.97. The van der Waals surface area contributed by atoms with E-state index in [0.717, 1.165) is 141 Å². The second-order valence-corrected chi connectivity index (χ2v) is 24.6. The summed E-state index contributed by atoms with van der Waals surface area (Å²) in [5.74, 6) is -1.11. The number of carbonyl (C=O) groups is 5. The highest BCUT2D eigenvalue weighted by Gasteiger charge is 2.21. The van der Waals surface area contributed by atoms with Crippen molar-refractivity contribution in [2.75, 3.05) is 124 Å². The van der Waals surface area contributed by atoms with E-state index in [4.69, 9.17) is 33.4 Å². The third-order valence-corrected chi connectivity index (χ3v) is 16.8. The number of rotatable bonds is 56. The van der Waals surface area contributed by atoms with Gasteiger partial charge in [0.1, 0.15) is 5.52 Å². The molecule has 1 aliphatic heterocycles. The lowest BCUT2D eigenvalue weighted by Gasteiger charge is -2.28. The number of aromatic nitrogens is 4. The topological polar surface area (TPSA) is 229 Å². The molecular formula is C70H119N9O12. The minimum atomic E-state index is -0.383. The Labute approximate surface area is 545 Å². The lowest BCUT2D eigenvalue weighted by atomic mass is 10.1. The van der Waals surface area contributed by atoms with Crippen LogP contribution in [0.5, 0.6) is 6.01 Å². The van der Waals surface area contributed by atoms with Crippen molar-refractivity contribution in [1.82, 2.24) is 39.1 Å². The molecule has 1 aromatic carbocycles. The molecule has 3 aromatic rings. The van der Waals surface area contributed by atoms with E-state index in [1.807, 2.05) is 18.2 Å². The number of nitrogens with one attached hydrogen (secondary N) is 2. The first-order valence-corrected chi connectivity index (χ1v) is 35.5. The van der Waals surface area contributed by atoms with Gasteiger partial charge in [-0.25, -0.2) is 9.59 Å². The second-order valence-electron chi connectivity index (χ2n) is 24.6. The summed E-state index contributed by atoms with van der Waals surface area (Å²) in [7, 11) is 1.38. The molecule has 0 aliphatic carbocycles. The SMILES string of the molecule is CCCCCCCCOC(=O)CCN(CCCCCC(=O)Nc1nc(OCCCC)nc2c1[nH]c(=O)n2CCCN(CCCN1CCOCC1)Cc1cccc(C(=O)OC)c1)CCCN(CCC(=O)OCCCCCCCC)CCC(=O)OCCCCCCCC. The maximum Gasteiger partial charge on any atom is 0.337 e. The maximum atomic E-state index is 13.8. The molecule has 21 nitrogen and oxygen atoms in total. The minimum Gasteiger partial charge on any atom is -0.466 e. The van der Waals surface area contributed by atoms with Crippen LogP contribution in [0.3, 0.4) is 0 Å². The van der Waals surface area contributed by atoms with Gasteiger partial charge in [0, 0.05) is 58.8 Å². The molecule has 91 heavy (non-hydrogen) atoms. The number of fused-ring (bicyclic) bond motifs is 1. The average molecular weight is 1280 g/mol. The van der Waals surface area contributed by atoms with Crippen LogP contribution >= 0.6 is 0 Å². The number of anilines is 1. The molecule has 1 saturated heterocycles. The Morgan fingerprint density at radius 1 is 0.549 bits per heavy atom. The molecule has 1 amide bonds. The smallest absolute Gasteiger partial charge is 0.337 e. The van der Waals surface area contributed by atoms with Gasteiger partial charge in [-0.15, -0.1) is 0 Å². The number of carbonyl (C=O) groups excluding carboxylic acids is 5. The zero-order valence-electron chi connectivity index (χ0n) is 57.0. The lowest BCUT2D eigenvalue weighted by Crippen LogP contribution is -2.38. The van der Waals surface area contributed by atoms with E-state index in [0.29, 0.717) is 115 Å². The average Bonchev–Trinajstić information content (AvgIpc) is 1.71. The molecule has 1 aliphatic rings. The highest BCUT2D eigenvalue weighted by Crippen LogP contribution is 2.23. The van der Waals surface area contributed by atoms with Crippen molar-refractivity contribution in [3.05, 3.63) is 45.9 Å². The summed E-state index contributed by atoms with van der Waals surface area (Å²) in [5.41, 5.74) is 1.80. The van der Waals surface area contributed by atoms with E-state index in [2.05, 4.69) is 62.6 Å². The number of esters is 4. The monoisotopic (exact) mass is 1280 g/mol. The largest absolute Gasteiger partial charge is 0.466 e. The molecule has 2 aromatic heterocycles. The summed E-state index contributed by atoms with van der Waals surface area (Å²) in [5, 5.41) is 2.97. The second kappa shape index (κ2) is 50.1. The third kappa shape index (κ3) is 35.4. The van der Waals surface area contributed by atoms with E-state index in [9.17, 15) is 28.8 Å². The van der Waals surface area contributed by atoms with Gasteiger partial charge in [0.15, 0.2) is 11.5 Å². The van der Waals surface area contributed by atoms with Gasteiger partial charge in [0.25, 0.3) is 0 Å². The molecular weight excluding hydrogens is 1160 g/mol. The maximum absolute atomic E-state index is 13.8. The summed E-state index contributed by atoms with van der Waals surface area (Å²) in [6.07, 6.45) is 27.1. The van der Waals surface area contributed by atoms with Crippen molar-refractivity contribution in [3.8, 4) is 6.01 Å². The van der Waals surface area contributed by atoms with Crippen LogP contribution in [0.25, 0.3) is 11.2 Å². The Kier molecular flexibility index (Phi) is 42.9. The third-order valence-electron chi connectivity index (χ3n) is 16.8. The molecule has 21 heteroatoms. The predicted molar refractivity (Wildman–Crippen MR) is 360 cm³/mol. The number of H-pyrrole nitrogens is 1. The van der Waals surface area contributed by atoms with Crippen LogP contribution in [0.2, 0.25) is 0 Å². The van der Waals surface area contributed by atoms with Gasteiger partial charge < -0.3 is 48.5 Å². The zero-order valence-corrected chi connectivity index (χ0v) is 57.0. The molecule has 2 N–H and O–H groups in total. The standard InChI is InChI=1S/C70H119N9O12/c1-6-10-14-17-20-26-52-88-62(81)36-46-75(40-30-41-76(47-37-63(82)89-53-27-21-18-15-11-7-2)48-38-64(83)90-54-28-22-19-16-12-8-3)39-25-23-24-35-61(80)71-66-65-67(74-69(73-66)91-51-13-9-4)79(70(85)72-65)45-32-44-78(43-31-42-77-49-55-87-56-50-77)58-59-33-29-34-60(57-59)68(84)86-5/h29,33-34,57H,6-28,30-32,35-56,58H2,1-5H3,(H,72,85)(H,71,73,74,80). The fraction of sp³-hybridized carbons (Fsp3) is 0.771. The number of morpholine rings is 1. The number of ether oxygens (including phenoxy) is 6. The first-order chi connectivity index (χ1) is 44.5. The quantitative estimate of drug-likeness (QED) is 0.0304. The molecule has 516 valence electrons. The number of imidazole rings is 1. The summed E-state index contributed by atoms with van der Waals surface area (Å²) in [4.78, 5) is 100. The van der Waals surface area contributed by atoms with Gasteiger partial charge >= 0.3 is 35.6 Å². The van der Waals surface area contributed by atoms with Gasteiger partial charge in [-0.1, -0.05) is 149 Å². The molecule has 0 unspecified atom stereocenters. The highest BCUT2D eigenvalue weighted by atomic mass is 16.5. The predicted octanol–water partition coefficient (Wildman–Crippen LogP) is 12.1. The fourth-order valence-corrected chi connectivity index (χ4v) is 11.3. The van der Waals surface area contributed by atoms with Crippen molar-refractivity contribution in [2.24, 2.45) is 0 Å². The molecule has 4 rings (SSSR count). The van der Waals surface area contributed by atoms with Crippen molar-refractivity contribution in [1.29, 1.82) is 0 Å². The summed E-state index contributed by atoms with van der Waals surface area (Å²) < 4.78 is 35.1. The number of hydrogen-bond donors (Lipinski definition) is 2. The number of nitrogens with zero attached hydrogens (tertiary/aromatic N) is 7.